The summed E-state index contributed by atoms with van der Waals surface area (Å²) in [6.45, 7) is 2.01. The summed E-state index contributed by atoms with van der Waals surface area (Å²) in [7, 11) is 0. The van der Waals surface area contributed by atoms with Crippen molar-refractivity contribution in [3.63, 3.8) is 0 Å². The average Bonchev–Trinajstić information content (AvgIpc) is 3.02. The van der Waals surface area contributed by atoms with E-state index < -0.39 is 0 Å². The lowest BCUT2D eigenvalue weighted by Gasteiger charge is -2.08. The van der Waals surface area contributed by atoms with E-state index in [1.165, 1.54) is 0 Å². The van der Waals surface area contributed by atoms with Crippen LogP contribution < -0.4 is 11.1 Å². The van der Waals surface area contributed by atoms with Gasteiger partial charge in [-0.3, -0.25) is 10.1 Å². The molecule has 1 heterocycles. The summed E-state index contributed by atoms with van der Waals surface area (Å²) < 4.78 is 0. The summed E-state index contributed by atoms with van der Waals surface area (Å²) in [5.74, 6) is 0.114. The highest BCUT2D eigenvalue weighted by molar-refractivity contribution is 7.10. The predicted octanol–water partition coefficient (Wildman–Crippen LogP) is 2.80. The fourth-order valence-electron chi connectivity index (χ4n) is 2.07. The summed E-state index contributed by atoms with van der Waals surface area (Å²) in [6.07, 6.45) is 1.29. The van der Waals surface area contributed by atoms with E-state index in [2.05, 4.69) is 16.4 Å². The van der Waals surface area contributed by atoms with Crippen LogP contribution in [0, 0.1) is 11.3 Å². The van der Waals surface area contributed by atoms with Crippen molar-refractivity contribution >= 4 is 23.7 Å². The van der Waals surface area contributed by atoms with E-state index in [4.69, 9.17) is 11.0 Å². The molecule has 5 nitrogen and oxygen atoms in total. The van der Waals surface area contributed by atoms with Gasteiger partial charge in [0.1, 0.15) is 0 Å². The number of hydrogen-bond acceptors (Lipinski definition) is 4. The summed E-state index contributed by atoms with van der Waals surface area (Å²) in [5, 5.41) is 13.4. The Kier molecular flexibility index (Phi) is 5.28. The number of nitrogens with zero attached hydrogens (tertiary/aromatic N) is 2. The van der Waals surface area contributed by atoms with Crippen molar-refractivity contribution < 1.29 is 4.79 Å². The first-order valence-corrected chi connectivity index (χ1v) is 7.68. The van der Waals surface area contributed by atoms with Gasteiger partial charge in [-0.25, -0.2) is 4.99 Å². The zero-order chi connectivity index (χ0) is 15.9. The Bertz CT molecular complexity index is 730. The van der Waals surface area contributed by atoms with Gasteiger partial charge in [-0.05, 0) is 41.1 Å². The average molecular weight is 312 g/mol. The lowest BCUT2D eigenvalue weighted by atomic mass is 10.1. The van der Waals surface area contributed by atoms with Crippen LogP contribution in [0.4, 0.5) is 0 Å². The molecule has 1 aromatic heterocycles. The molecule has 0 fully saturated rings. The van der Waals surface area contributed by atoms with E-state index in [0.717, 1.165) is 22.4 Å². The van der Waals surface area contributed by atoms with Crippen LogP contribution >= 0.6 is 11.3 Å². The molecule has 0 spiro atoms. The molecule has 1 atom stereocenters. The maximum Gasteiger partial charge on any atom is 0.213 e. The Morgan fingerprint density at radius 3 is 3.00 bits per heavy atom. The molecular weight excluding hydrogens is 296 g/mol. The van der Waals surface area contributed by atoms with Gasteiger partial charge in [-0.1, -0.05) is 19.1 Å². The highest BCUT2D eigenvalue weighted by Crippen LogP contribution is 2.32. The van der Waals surface area contributed by atoms with Gasteiger partial charge in [0, 0.05) is 4.88 Å². The molecule has 0 saturated heterocycles. The third-order valence-electron chi connectivity index (χ3n) is 3.16. The van der Waals surface area contributed by atoms with Crippen molar-refractivity contribution in [2.24, 2.45) is 10.7 Å². The molecule has 0 saturated carbocycles. The Labute approximate surface area is 133 Å². The number of amides is 1. The van der Waals surface area contributed by atoms with Gasteiger partial charge in [0.2, 0.25) is 6.41 Å². The quantitative estimate of drug-likeness (QED) is 0.505. The van der Waals surface area contributed by atoms with Crippen molar-refractivity contribution in [1.29, 1.82) is 5.26 Å². The molecule has 0 aliphatic carbocycles. The van der Waals surface area contributed by atoms with E-state index in [0.29, 0.717) is 12.0 Å². The van der Waals surface area contributed by atoms with Crippen LogP contribution in [-0.2, 0) is 4.79 Å². The summed E-state index contributed by atoms with van der Waals surface area (Å²) in [4.78, 5) is 15.7. The minimum absolute atomic E-state index is 0.0923. The molecule has 2 rings (SSSR count). The third kappa shape index (κ3) is 3.71. The third-order valence-corrected chi connectivity index (χ3v) is 4.20. The van der Waals surface area contributed by atoms with Crippen molar-refractivity contribution in [1.82, 2.24) is 5.32 Å². The number of nitrogens with two attached hydrogens (primary N) is 1. The van der Waals surface area contributed by atoms with Crippen LogP contribution in [0.25, 0.3) is 11.1 Å². The number of thiophene rings is 1. The maximum atomic E-state index is 10.4. The van der Waals surface area contributed by atoms with Crippen LogP contribution in [0.5, 0.6) is 0 Å². The minimum atomic E-state index is -0.0923. The van der Waals surface area contributed by atoms with Crippen LogP contribution in [0.15, 0.2) is 40.7 Å². The molecule has 3 N–H and O–H groups in total. The first kappa shape index (κ1) is 15.7. The van der Waals surface area contributed by atoms with Crippen molar-refractivity contribution in [3.8, 4) is 17.2 Å². The fraction of sp³-hybridized carbons (Fsp3) is 0.188. The first-order chi connectivity index (χ1) is 10.7. The van der Waals surface area contributed by atoms with Gasteiger partial charge >= 0.3 is 0 Å². The van der Waals surface area contributed by atoms with Crippen LogP contribution in [0.2, 0.25) is 0 Å². The first-order valence-electron chi connectivity index (χ1n) is 6.80. The Balaban J connectivity index is 2.28. The molecule has 1 amide bonds. The van der Waals surface area contributed by atoms with Crippen molar-refractivity contribution in [3.05, 3.63) is 46.2 Å². The zero-order valence-corrected chi connectivity index (χ0v) is 12.9. The van der Waals surface area contributed by atoms with Crippen molar-refractivity contribution in [2.45, 2.75) is 19.4 Å². The van der Waals surface area contributed by atoms with E-state index in [1.807, 2.05) is 36.6 Å². The number of carbonyl (C=O) groups is 1. The highest BCUT2D eigenvalue weighted by Gasteiger charge is 2.12. The van der Waals surface area contributed by atoms with E-state index >= 15 is 0 Å². The molecular formula is C16H16N4OS. The molecule has 22 heavy (non-hydrogen) atoms. The SMILES string of the molecule is CCC(N=C(N)NC=O)c1cc(-c2cccc(C#N)c2)cs1. The van der Waals surface area contributed by atoms with Gasteiger partial charge in [0.05, 0.1) is 17.7 Å². The Hall–Kier alpha value is -2.65. The summed E-state index contributed by atoms with van der Waals surface area (Å²) in [6, 6.07) is 11.6. The second-order valence-electron chi connectivity index (χ2n) is 4.63. The van der Waals surface area contributed by atoms with Gasteiger partial charge in [0.25, 0.3) is 0 Å². The second kappa shape index (κ2) is 7.38. The summed E-state index contributed by atoms with van der Waals surface area (Å²) in [5.41, 5.74) is 8.31. The second-order valence-corrected chi connectivity index (χ2v) is 5.57. The monoisotopic (exact) mass is 312 g/mol. The molecule has 0 aliphatic heterocycles. The van der Waals surface area contributed by atoms with E-state index in [-0.39, 0.29) is 12.0 Å². The predicted molar refractivity (Wildman–Crippen MR) is 88.3 cm³/mol. The smallest absolute Gasteiger partial charge is 0.213 e. The minimum Gasteiger partial charge on any atom is -0.370 e. The number of guanidine groups is 1. The lowest BCUT2D eigenvalue weighted by Crippen LogP contribution is -2.30. The number of benzene rings is 1. The largest absolute Gasteiger partial charge is 0.370 e. The normalized spacial score (nSPS) is 12.5. The number of rotatable bonds is 5. The standard InChI is InChI=1S/C16H16N4OS/c1-2-14(20-16(18)19-10-21)15-7-13(9-22-15)12-5-3-4-11(6-12)8-17/h3-7,9-10,14H,2H2,1H3,(H3,18,19,20,21). The van der Waals surface area contributed by atoms with Crippen LogP contribution in [0.3, 0.4) is 0 Å². The van der Waals surface area contributed by atoms with Gasteiger partial charge in [0.15, 0.2) is 5.96 Å². The van der Waals surface area contributed by atoms with Crippen LogP contribution in [0.1, 0.15) is 29.8 Å². The number of carbonyl (C=O) groups excluding carboxylic acids is 1. The number of aliphatic imine (C=N–C) groups is 1. The number of hydrogen-bond donors (Lipinski definition) is 2. The number of nitrogens with one attached hydrogen (secondary N) is 1. The number of nitriles is 1. The molecule has 0 radical (unpaired) electrons. The molecule has 1 unspecified atom stereocenters. The lowest BCUT2D eigenvalue weighted by molar-refractivity contribution is -0.108. The highest BCUT2D eigenvalue weighted by atomic mass is 32.1. The van der Waals surface area contributed by atoms with Gasteiger partial charge in [-0.15, -0.1) is 11.3 Å². The topological polar surface area (TPSA) is 91.3 Å². The fourth-order valence-corrected chi connectivity index (χ4v) is 3.11. The van der Waals surface area contributed by atoms with Crippen molar-refractivity contribution in [2.75, 3.05) is 0 Å². The Morgan fingerprint density at radius 2 is 2.32 bits per heavy atom. The van der Waals surface area contributed by atoms with Gasteiger partial charge < -0.3 is 5.73 Å². The molecule has 112 valence electrons. The summed E-state index contributed by atoms with van der Waals surface area (Å²) >= 11 is 1.59. The van der Waals surface area contributed by atoms with E-state index in [1.54, 1.807) is 17.4 Å². The molecule has 1 aromatic carbocycles. The zero-order valence-electron chi connectivity index (χ0n) is 12.1. The Morgan fingerprint density at radius 1 is 1.50 bits per heavy atom. The molecule has 2 aromatic rings. The molecule has 0 aliphatic rings. The van der Waals surface area contributed by atoms with Crippen LogP contribution in [-0.4, -0.2) is 12.4 Å². The molecule has 0 bridgehead atoms. The van der Waals surface area contributed by atoms with Gasteiger partial charge in [-0.2, -0.15) is 5.26 Å². The van der Waals surface area contributed by atoms with E-state index in [9.17, 15) is 4.79 Å². The maximum absolute atomic E-state index is 10.4. The molecule has 6 heteroatoms.